The van der Waals surface area contributed by atoms with E-state index >= 15 is 0 Å². The molecule has 22 heavy (non-hydrogen) atoms. The van der Waals surface area contributed by atoms with Gasteiger partial charge in [0, 0.05) is 18.3 Å². The van der Waals surface area contributed by atoms with Crippen molar-refractivity contribution in [3.05, 3.63) is 29.8 Å². The van der Waals surface area contributed by atoms with Gasteiger partial charge in [-0.1, -0.05) is 19.3 Å². The molecule has 2 atom stereocenters. The Morgan fingerprint density at radius 1 is 1.14 bits per heavy atom. The van der Waals surface area contributed by atoms with E-state index in [1.165, 1.54) is 38.2 Å². The molecule has 3 rings (SSSR count). The normalized spacial score (nSPS) is 25.5. The molecule has 0 radical (unpaired) electrons. The van der Waals surface area contributed by atoms with Gasteiger partial charge in [-0.15, -0.1) is 0 Å². The average molecular weight is 308 g/mol. The lowest BCUT2D eigenvalue weighted by Crippen LogP contribution is -2.44. The second-order valence-corrected chi connectivity index (χ2v) is 6.51. The largest absolute Gasteiger partial charge is 0.325 e. The van der Waals surface area contributed by atoms with Crippen molar-refractivity contribution in [2.75, 3.05) is 25.0 Å². The number of rotatable bonds is 3. The molecule has 5 heteroatoms. The summed E-state index contributed by atoms with van der Waals surface area (Å²) in [6, 6.07) is 3.42. The Hall–Kier alpha value is -1.49. The summed E-state index contributed by atoms with van der Waals surface area (Å²) in [5.74, 6) is -0.462. The molecule has 1 amide bonds. The summed E-state index contributed by atoms with van der Waals surface area (Å²) in [5, 5.41) is 2.64. The second-order valence-electron chi connectivity index (χ2n) is 6.51. The molecule has 1 saturated heterocycles. The van der Waals surface area contributed by atoms with Crippen molar-refractivity contribution in [3.8, 4) is 0 Å². The van der Waals surface area contributed by atoms with Crippen LogP contribution in [0.15, 0.2) is 18.2 Å². The monoisotopic (exact) mass is 308 g/mol. The zero-order chi connectivity index (χ0) is 15.5. The highest BCUT2D eigenvalue weighted by molar-refractivity contribution is 5.92. The Kier molecular flexibility index (Phi) is 4.71. The Labute approximate surface area is 129 Å². The maximum absolute atomic E-state index is 13.1. The molecule has 0 bridgehead atoms. The molecule has 1 saturated carbocycles. The molecule has 1 aliphatic carbocycles. The zero-order valence-electron chi connectivity index (χ0n) is 12.7. The number of carbonyl (C=O) groups is 1. The number of carbonyl (C=O) groups excluding carboxylic acids is 1. The third-order valence-electron chi connectivity index (χ3n) is 4.95. The molecular formula is C17H22F2N2O. The van der Waals surface area contributed by atoms with E-state index in [1.807, 2.05) is 0 Å². The predicted molar refractivity (Wildman–Crippen MR) is 81.5 cm³/mol. The van der Waals surface area contributed by atoms with Gasteiger partial charge in [0.1, 0.15) is 0 Å². The highest BCUT2D eigenvalue weighted by Crippen LogP contribution is 2.35. The van der Waals surface area contributed by atoms with E-state index in [1.54, 1.807) is 0 Å². The van der Waals surface area contributed by atoms with E-state index < -0.39 is 11.6 Å². The van der Waals surface area contributed by atoms with Gasteiger partial charge in [0.25, 0.3) is 0 Å². The number of anilines is 1. The lowest BCUT2D eigenvalue weighted by molar-refractivity contribution is -0.118. The molecule has 2 aliphatic rings. The lowest BCUT2D eigenvalue weighted by Gasteiger charge is -2.41. The molecule has 1 N–H and O–H groups in total. The highest BCUT2D eigenvalue weighted by Gasteiger charge is 2.31. The van der Waals surface area contributed by atoms with Crippen molar-refractivity contribution < 1.29 is 13.6 Å². The Bertz CT molecular complexity index is 549. The maximum atomic E-state index is 13.1. The van der Waals surface area contributed by atoms with Crippen molar-refractivity contribution in [2.45, 2.75) is 32.1 Å². The summed E-state index contributed by atoms with van der Waals surface area (Å²) in [7, 11) is 0. The Balaban J connectivity index is 1.52. The number of fused-ring (bicyclic) bond motifs is 1. The first-order chi connectivity index (χ1) is 10.6. The highest BCUT2D eigenvalue weighted by atomic mass is 19.2. The van der Waals surface area contributed by atoms with Crippen molar-refractivity contribution >= 4 is 11.6 Å². The van der Waals surface area contributed by atoms with Gasteiger partial charge in [0.15, 0.2) is 11.6 Å². The number of nitrogens with one attached hydrogen (secondary N) is 1. The topological polar surface area (TPSA) is 32.3 Å². The maximum Gasteiger partial charge on any atom is 0.238 e. The van der Waals surface area contributed by atoms with Crippen LogP contribution in [-0.2, 0) is 4.79 Å². The van der Waals surface area contributed by atoms with Crippen LogP contribution < -0.4 is 5.32 Å². The van der Waals surface area contributed by atoms with E-state index in [0.717, 1.165) is 37.1 Å². The third-order valence-corrected chi connectivity index (χ3v) is 4.95. The number of hydrogen-bond donors (Lipinski definition) is 1. The average Bonchev–Trinajstić information content (AvgIpc) is 2.51. The quantitative estimate of drug-likeness (QED) is 0.928. The predicted octanol–water partition coefficient (Wildman–Crippen LogP) is 3.42. The fourth-order valence-electron chi connectivity index (χ4n) is 3.80. The minimum Gasteiger partial charge on any atom is -0.325 e. The Morgan fingerprint density at radius 2 is 1.91 bits per heavy atom. The SMILES string of the molecule is O=C(CN1CC[C@@H]2CCCC[C@@H]2C1)Nc1ccc(F)c(F)c1. The van der Waals surface area contributed by atoms with E-state index in [-0.39, 0.29) is 5.91 Å². The van der Waals surface area contributed by atoms with Crippen LogP contribution in [0, 0.1) is 23.5 Å². The summed E-state index contributed by atoms with van der Waals surface area (Å²) < 4.78 is 26.0. The standard InChI is InChI=1S/C17H22F2N2O/c18-15-6-5-14(9-16(15)19)20-17(22)11-21-8-7-12-3-1-2-4-13(12)10-21/h5-6,9,12-13H,1-4,7-8,10-11H2,(H,20,22)/t12-,13+/m0/s1. The van der Waals surface area contributed by atoms with E-state index in [9.17, 15) is 13.6 Å². The van der Waals surface area contributed by atoms with Crippen LogP contribution in [0.3, 0.4) is 0 Å². The number of hydrogen-bond acceptors (Lipinski definition) is 2. The molecule has 1 heterocycles. The summed E-state index contributed by atoms with van der Waals surface area (Å²) in [6.07, 6.45) is 6.42. The number of likely N-dealkylation sites (tertiary alicyclic amines) is 1. The van der Waals surface area contributed by atoms with Crippen LogP contribution in [0.5, 0.6) is 0 Å². The third kappa shape index (κ3) is 3.64. The van der Waals surface area contributed by atoms with Crippen molar-refractivity contribution in [1.82, 2.24) is 4.90 Å². The van der Waals surface area contributed by atoms with Crippen LogP contribution in [-0.4, -0.2) is 30.4 Å². The minimum absolute atomic E-state index is 0.166. The molecule has 1 aliphatic heterocycles. The number of amides is 1. The molecule has 0 unspecified atom stereocenters. The number of benzene rings is 1. The smallest absolute Gasteiger partial charge is 0.238 e. The van der Waals surface area contributed by atoms with E-state index in [4.69, 9.17) is 0 Å². The summed E-state index contributed by atoms with van der Waals surface area (Å²) in [4.78, 5) is 14.3. The van der Waals surface area contributed by atoms with Crippen LogP contribution >= 0.6 is 0 Å². The fourth-order valence-corrected chi connectivity index (χ4v) is 3.80. The van der Waals surface area contributed by atoms with Crippen LogP contribution in [0.25, 0.3) is 0 Å². The number of piperidine rings is 1. The second kappa shape index (κ2) is 6.73. The van der Waals surface area contributed by atoms with Gasteiger partial charge in [0.2, 0.25) is 5.91 Å². The molecule has 1 aromatic rings. The number of nitrogens with zero attached hydrogens (tertiary/aromatic N) is 1. The molecular weight excluding hydrogens is 286 g/mol. The fraction of sp³-hybridized carbons (Fsp3) is 0.588. The molecule has 0 spiro atoms. The van der Waals surface area contributed by atoms with Gasteiger partial charge in [-0.25, -0.2) is 8.78 Å². The zero-order valence-corrected chi connectivity index (χ0v) is 12.7. The summed E-state index contributed by atoms with van der Waals surface area (Å²) >= 11 is 0. The first-order valence-corrected chi connectivity index (χ1v) is 8.09. The minimum atomic E-state index is -0.944. The first kappa shape index (κ1) is 15.4. The van der Waals surface area contributed by atoms with Crippen LogP contribution in [0.4, 0.5) is 14.5 Å². The lowest BCUT2D eigenvalue weighted by atomic mass is 9.75. The Morgan fingerprint density at radius 3 is 2.68 bits per heavy atom. The summed E-state index contributed by atoms with van der Waals surface area (Å²) in [5.41, 5.74) is 0.302. The van der Waals surface area contributed by atoms with Crippen LogP contribution in [0.2, 0.25) is 0 Å². The van der Waals surface area contributed by atoms with Crippen molar-refractivity contribution in [1.29, 1.82) is 0 Å². The molecule has 120 valence electrons. The van der Waals surface area contributed by atoms with Gasteiger partial charge >= 0.3 is 0 Å². The van der Waals surface area contributed by atoms with Crippen LogP contribution in [0.1, 0.15) is 32.1 Å². The van der Waals surface area contributed by atoms with Gasteiger partial charge in [0.05, 0.1) is 6.54 Å². The van der Waals surface area contributed by atoms with Gasteiger partial charge in [-0.05, 0) is 43.4 Å². The van der Waals surface area contributed by atoms with E-state index in [0.29, 0.717) is 12.2 Å². The van der Waals surface area contributed by atoms with Crippen molar-refractivity contribution in [3.63, 3.8) is 0 Å². The number of halogens is 2. The van der Waals surface area contributed by atoms with Crippen molar-refractivity contribution in [2.24, 2.45) is 11.8 Å². The first-order valence-electron chi connectivity index (χ1n) is 8.09. The molecule has 3 nitrogen and oxygen atoms in total. The van der Waals surface area contributed by atoms with Gasteiger partial charge in [-0.3, -0.25) is 9.69 Å². The molecule has 2 fully saturated rings. The van der Waals surface area contributed by atoms with Gasteiger partial charge in [-0.2, -0.15) is 0 Å². The summed E-state index contributed by atoms with van der Waals surface area (Å²) in [6.45, 7) is 2.25. The molecule has 1 aromatic carbocycles. The van der Waals surface area contributed by atoms with E-state index in [2.05, 4.69) is 10.2 Å². The van der Waals surface area contributed by atoms with Gasteiger partial charge < -0.3 is 5.32 Å². The molecule has 0 aromatic heterocycles.